The SMILES string of the molecule is Cc1cc(NC(=O)COC(=O)c2ccc(N3C(=O)[C@H]4C[C@H](Cl)[C@@H](Cl)C[C@H]4C3=O)cc2)no1. The fraction of sp³-hybridized carbons (Fsp3) is 0.381. The lowest BCUT2D eigenvalue weighted by molar-refractivity contribution is -0.122. The molecular formula is C21H19Cl2N3O6. The van der Waals surface area contributed by atoms with Crippen molar-refractivity contribution < 1.29 is 28.4 Å². The molecule has 1 saturated carbocycles. The number of carbonyl (C=O) groups excluding carboxylic acids is 4. The van der Waals surface area contributed by atoms with Crippen molar-refractivity contribution in [3.05, 3.63) is 41.7 Å². The van der Waals surface area contributed by atoms with E-state index >= 15 is 0 Å². The lowest BCUT2D eigenvalue weighted by atomic mass is 9.80. The number of nitrogens with zero attached hydrogens (tertiary/aromatic N) is 2. The largest absolute Gasteiger partial charge is 0.452 e. The van der Waals surface area contributed by atoms with Crippen LogP contribution >= 0.6 is 23.2 Å². The van der Waals surface area contributed by atoms with Gasteiger partial charge in [0.15, 0.2) is 12.4 Å². The molecular weight excluding hydrogens is 461 g/mol. The highest BCUT2D eigenvalue weighted by molar-refractivity contribution is 6.31. The minimum Gasteiger partial charge on any atom is -0.452 e. The van der Waals surface area contributed by atoms with Gasteiger partial charge in [0.05, 0.1) is 33.8 Å². The Morgan fingerprint density at radius 2 is 1.72 bits per heavy atom. The number of hydrogen-bond acceptors (Lipinski definition) is 7. The summed E-state index contributed by atoms with van der Waals surface area (Å²) in [5.74, 6) is -2.17. The number of benzene rings is 1. The van der Waals surface area contributed by atoms with Crippen molar-refractivity contribution in [1.82, 2.24) is 5.16 Å². The molecule has 1 N–H and O–H groups in total. The van der Waals surface area contributed by atoms with E-state index in [1.807, 2.05) is 0 Å². The molecule has 32 heavy (non-hydrogen) atoms. The number of halogens is 2. The van der Waals surface area contributed by atoms with Crippen molar-refractivity contribution in [3.8, 4) is 0 Å². The summed E-state index contributed by atoms with van der Waals surface area (Å²) in [7, 11) is 0. The molecule has 168 valence electrons. The van der Waals surface area contributed by atoms with Crippen LogP contribution < -0.4 is 10.2 Å². The van der Waals surface area contributed by atoms with Crippen molar-refractivity contribution in [2.45, 2.75) is 30.5 Å². The molecule has 1 aromatic carbocycles. The number of anilines is 2. The fourth-order valence-electron chi connectivity index (χ4n) is 3.91. The van der Waals surface area contributed by atoms with E-state index < -0.39 is 30.3 Å². The average Bonchev–Trinajstić information content (AvgIpc) is 3.27. The molecule has 2 aliphatic rings. The molecule has 0 unspecified atom stereocenters. The average molecular weight is 480 g/mol. The summed E-state index contributed by atoms with van der Waals surface area (Å²) >= 11 is 12.4. The van der Waals surface area contributed by atoms with E-state index in [0.29, 0.717) is 24.3 Å². The van der Waals surface area contributed by atoms with Crippen LogP contribution in [0.25, 0.3) is 0 Å². The van der Waals surface area contributed by atoms with Crippen LogP contribution in [0.4, 0.5) is 11.5 Å². The summed E-state index contributed by atoms with van der Waals surface area (Å²) in [5, 5.41) is 5.32. The molecule has 1 aliphatic carbocycles. The predicted molar refractivity (Wildman–Crippen MR) is 115 cm³/mol. The predicted octanol–water partition coefficient (Wildman–Crippen LogP) is 2.89. The van der Waals surface area contributed by atoms with Crippen molar-refractivity contribution in [2.24, 2.45) is 11.8 Å². The van der Waals surface area contributed by atoms with E-state index in [9.17, 15) is 19.2 Å². The Balaban J connectivity index is 1.37. The van der Waals surface area contributed by atoms with E-state index in [0.717, 1.165) is 4.90 Å². The standard InChI is InChI=1S/C21H19Cl2N3O6/c1-10-6-17(25-32-10)24-18(27)9-31-21(30)11-2-4-12(5-3-11)26-19(28)13-7-15(22)16(23)8-14(13)20(26)29/h2-6,13-16H,7-9H2,1H3,(H,24,25,27)/t13-,14+,15-,16-/m0/s1. The Morgan fingerprint density at radius 1 is 1.12 bits per heavy atom. The first-order valence-electron chi connectivity index (χ1n) is 9.91. The van der Waals surface area contributed by atoms with E-state index in [1.54, 1.807) is 6.92 Å². The minimum absolute atomic E-state index is 0.164. The molecule has 0 bridgehead atoms. The molecule has 11 heteroatoms. The van der Waals surface area contributed by atoms with Gasteiger partial charge in [-0.3, -0.25) is 19.3 Å². The van der Waals surface area contributed by atoms with Crippen molar-refractivity contribution in [1.29, 1.82) is 0 Å². The molecule has 0 spiro atoms. The summed E-state index contributed by atoms with van der Waals surface area (Å²) in [4.78, 5) is 50.8. The van der Waals surface area contributed by atoms with Gasteiger partial charge in [0.1, 0.15) is 5.76 Å². The maximum Gasteiger partial charge on any atom is 0.338 e. The zero-order valence-electron chi connectivity index (χ0n) is 16.9. The second-order valence-corrected chi connectivity index (χ2v) is 8.84. The zero-order chi connectivity index (χ0) is 23.0. The van der Waals surface area contributed by atoms with Gasteiger partial charge in [-0.05, 0) is 44.0 Å². The Bertz CT molecular complexity index is 1040. The Morgan fingerprint density at radius 3 is 2.25 bits per heavy atom. The fourth-order valence-corrected chi connectivity index (χ4v) is 4.50. The summed E-state index contributed by atoms with van der Waals surface area (Å²) < 4.78 is 9.82. The van der Waals surface area contributed by atoms with Crippen LogP contribution in [0.2, 0.25) is 0 Å². The molecule has 3 amide bonds. The number of aryl methyl sites for hydroxylation is 1. The number of rotatable bonds is 5. The van der Waals surface area contributed by atoms with Crippen LogP contribution in [0.1, 0.15) is 29.0 Å². The van der Waals surface area contributed by atoms with E-state index in [2.05, 4.69) is 10.5 Å². The third kappa shape index (κ3) is 4.35. The number of carbonyl (C=O) groups is 4. The van der Waals surface area contributed by atoms with Crippen LogP contribution in [0.3, 0.4) is 0 Å². The number of aromatic nitrogens is 1. The minimum atomic E-state index is -0.731. The van der Waals surface area contributed by atoms with E-state index in [1.165, 1.54) is 30.3 Å². The summed E-state index contributed by atoms with van der Waals surface area (Å²) in [6, 6.07) is 7.34. The third-order valence-corrected chi connectivity index (χ3v) is 6.60. The Hall–Kier alpha value is -2.91. The Kier molecular flexibility index (Phi) is 6.21. The second-order valence-electron chi connectivity index (χ2n) is 7.72. The molecule has 2 aromatic rings. The summed E-state index contributed by atoms with van der Waals surface area (Å²) in [6.45, 7) is 1.16. The first-order valence-corrected chi connectivity index (χ1v) is 10.8. The number of nitrogens with one attached hydrogen (secondary N) is 1. The summed E-state index contributed by atoms with van der Waals surface area (Å²) in [5.41, 5.74) is 0.513. The van der Waals surface area contributed by atoms with Crippen LogP contribution in [-0.4, -0.2) is 46.2 Å². The van der Waals surface area contributed by atoms with Crippen LogP contribution in [0.5, 0.6) is 0 Å². The molecule has 1 saturated heterocycles. The van der Waals surface area contributed by atoms with Gasteiger partial charge in [-0.25, -0.2) is 4.79 Å². The highest BCUT2D eigenvalue weighted by Crippen LogP contribution is 2.43. The molecule has 9 nitrogen and oxygen atoms in total. The van der Waals surface area contributed by atoms with Crippen LogP contribution in [-0.2, 0) is 19.1 Å². The van der Waals surface area contributed by atoms with Crippen molar-refractivity contribution >= 4 is 58.4 Å². The maximum atomic E-state index is 12.8. The zero-order valence-corrected chi connectivity index (χ0v) is 18.4. The molecule has 1 aliphatic heterocycles. The highest BCUT2D eigenvalue weighted by Gasteiger charge is 2.52. The third-order valence-electron chi connectivity index (χ3n) is 5.50. The van der Waals surface area contributed by atoms with Gasteiger partial charge in [0.2, 0.25) is 11.8 Å². The number of alkyl halides is 2. The lowest BCUT2D eigenvalue weighted by Gasteiger charge is -2.28. The Labute approximate surface area is 192 Å². The van der Waals surface area contributed by atoms with Gasteiger partial charge in [0, 0.05) is 6.07 Å². The molecule has 4 rings (SSSR count). The highest BCUT2D eigenvalue weighted by atomic mass is 35.5. The summed E-state index contributed by atoms with van der Waals surface area (Å²) in [6.07, 6.45) is 0.698. The number of imide groups is 1. The lowest BCUT2D eigenvalue weighted by Crippen LogP contribution is -2.34. The smallest absolute Gasteiger partial charge is 0.338 e. The van der Waals surface area contributed by atoms with Gasteiger partial charge in [-0.1, -0.05) is 5.16 Å². The van der Waals surface area contributed by atoms with Crippen LogP contribution in [0.15, 0.2) is 34.9 Å². The number of fused-ring (bicyclic) bond motifs is 1. The quantitative estimate of drug-likeness (QED) is 0.397. The van der Waals surface area contributed by atoms with Gasteiger partial charge in [-0.2, -0.15) is 0 Å². The topological polar surface area (TPSA) is 119 Å². The number of esters is 1. The first-order chi connectivity index (χ1) is 15.2. The maximum absolute atomic E-state index is 12.8. The van der Waals surface area contributed by atoms with Crippen LogP contribution in [0, 0.1) is 18.8 Å². The first kappa shape index (κ1) is 22.3. The molecule has 4 atom stereocenters. The molecule has 2 fully saturated rings. The monoisotopic (exact) mass is 479 g/mol. The normalized spacial score (nSPS) is 24.9. The van der Waals surface area contributed by atoms with Crippen molar-refractivity contribution in [3.63, 3.8) is 0 Å². The molecule has 2 heterocycles. The van der Waals surface area contributed by atoms with Gasteiger partial charge >= 0.3 is 5.97 Å². The molecule has 0 radical (unpaired) electrons. The van der Waals surface area contributed by atoms with E-state index in [-0.39, 0.29) is 33.9 Å². The number of ether oxygens (including phenoxy) is 1. The number of hydrogen-bond donors (Lipinski definition) is 1. The van der Waals surface area contributed by atoms with E-state index in [4.69, 9.17) is 32.5 Å². The number of amides is 3. The molecule has 1 aromatic heterocycles. The second kappa shape index (κ2) is 8.91. The van der Waals surface area contributed by atoms with Gasteiger partial charge in [-0.15, -0.1) is 23.2 Å². The van der Waals surface area contributed by atoms with Crippen molar-refractivity contribution in [2.75, 3.05) is 16.8 Å². The van der Waals surface area contributed by atoms with Gasteiger partial charge in [0.25, 0.3) is 5.91 Å². The van der Waals surface area contributed by atoms with Gasteiger partial charge < -0.3 is 14.6 Å².